The molecule has 0 saturated carbocycles. The average Bonchev–Trinajstić information content (AvgIpc) is 2.20. The van der Waals surface area contributed by atoms with E-state index in [0.717, 1.165) is 6.42 Å². The highest BCUT2D eigenvalue weighted by Gasteiger charge is 2.01. The van der Waals surface area contributed by atoms with Crippen molar-refractivity contribution in [1.29, 1.82) is 0 Å². The van der Waals surface area contributed by atoms with Crippen molar-refractivity contribution in [1.82, 2.24) is 0 Å². The summed E-state index contributed by atoms with van der Waals surface area (Å²) >= 11 is 0. The Labute approximate surface area is 87.8 Å². The van der Waals surface area contributed by atoms with Crippen molar-refractivity contribution in [3.05, 3.63) is 0 Å². The zero-order valence-corrected chi connectivity index (χ0v) is 9.74. The van der Waals surface area contributed by atoms with E-state index in [2.05, 4.69) is 13.8 Å². The molecule has 0 fully saturated rings. The van der Waals surface area contributed by atoms with E-state index < -0.39 is 6.10 Å². The van der Waals surface area contributed by atoms with Gasteiger partial charge in [-0.3, -0.25) is 0 Å². The summed E-state index contributed by atoms with van der Waals surface area (Å²) in [4.78, 5) is 0. The van der Waals surface area contributed by atoms with E-state index in [1.807, 2.05) is 0 Å². The first-order valence-electron chi connectivity index (χ1n) is 5.52. The molecule has 2 atom stereocenters. The zero-order chi connectivity index (χ0) is 11.4. The van der Waals surface area contributed by atoms with Crippen molar-refractivity contribution in [2.24, 2.45) is 5.92 Å². The second kappa shape index (κ2) is 12.9. The van der Waals surface area contributed by atoms with Crippen molar-refractivity contribution in [3.63, 3.8) is 0 Å². The van der Waals surface area contributed by atoms with Crippen LogP contribution >= 0.6 is 0 Å². The van der Waals surface area contributed by atoms with Gasteiger partial charge in [-0.15, -0.1) is 0 Å². The predicted molar refractivity (Wildman–Crippen MR) is 59.2 cm³/mol. The molecule has 0 heterocycles. The predicted octanol–water partition coefficient (Wildman–Crippen LogP) is 1.55. The van der Waals surface area contributed by atoms with Gasteiger partial charge in [0.25, 0.3) is 0 Å². The summed E-state index contributed by atoms with van der Waals surface area (Å²) < 4.78 is 0. The molecule has 0 aliphatic heterocycles. The fraction of sp³-hybridized carbons (Fsp3) is 1.00. The highest BCUT2D eigenvalue weighted by molar-refractivity contribution is 4.53. The van der Waals surface area contributed by atoms with Crippen LogP contribution in [0.2, 0.25) is 0 Å². The van der Waals surface area contributed by atoms with Gasteiger partial charge in [0.05, 0.1) is 12.7 Å². The summed E-state index contributed by atoms with van der Waals surface area (Å²) in [6, 6.07) is 0. The molecule has 0 aromatic heterocycles. The Bertz CT molecular complexity index is 90.5. The van der Waals surface area contributed by atoms with Crippen molar-refractivity contribution < 1.29 is 15.3 Å². The first kappa shape index (κ1) is 16.3. The molecule has 0 rings (SSSR count). The molecule has 0 aromatic rings. The molecule has 0 bridgehead atoms. The largest absolute Gasteiger partial charge is 0.396 e. The van der Waals surface area contributed by atoms with Gasteiger partial charge in [0.15, 0.2) is 0 Å². The van der Waals surface area contributed by atoms with E-state index in [0.29, 0.717) is 12.5 Å². The first-order valence-corrected chi connectivity index (χ1v) is 5.52. The topological polar surface area (TPSA) is 60.7 Å². The van der Waals surface area contributed by atoms with Crippen LogP contribution in [0.5, 0.6) is 0 Å². The molecule has 88 valence electrons. The third kappa shape index (κ3) is 14.4. The van der Waals surface area contributed by atoms with E-state index in [4.69, 9.17) is 15.3 Å². The maximum absolute atomic E-state index is 8.75. The van der Waals surface area contributed by atoms with E-state index in [-0.39, 0.29) is 6.61 Å². The van der Waals surface area contributed by atoms with Crippen molar-refractivity contribution in [3.8, 4) is 0 Å². The number of aliphatic hydroxyl groups is 3. The monoisotopic (exact) mass is 206 g/mol. The quantitative estimate of drug-likeness (QED) is 0.618. The number of unbranched alkanes of at least 4 members (excludes halogenated alkanes) is 1. The third-order valence-corrected chi connectivity index (χ3v) is 2.07. The number of hydrogen-bond donors (Lipinski definition) is 3. The lowest BCUT2D eigenvalue weighted by atomic mass is 10.0. The summed E-state index contributed by atoms with van der Waals surface area (Å²) in [7, 11) is 0. The standard InChI is InChI=1S/C8H18O.C3H8O2/c1-3-5-6-8(4-2)7-9;1-3(5)2-4/h8-9H,3-7H2,1-2H3;3-5H,2H2,1H3. The molecule has 3 nitrogen and oxygen atoms in total. The zero-order valence-electron chi connectivity index (χ0n) is 9.74. The van der Waals surface area contributed by atoms with Gasteiger partial charge in [-0.2, -0.15) is 0 Å². The minimum Gasteiger partial charge on any atom is -0.396 e. The summed E-state index contributed by atoms with van der Waals surface area (Å²) in [5.74, 6) is 0.560. The number of rotatable bonds is 6. The molecule has 3 N–H and O–H groups in total. The Hall–Kier alpha value is -0.120. The molecule has 0 aliphatic rings. The van der Waals surface area contributed by atoms with Crippen LogP contribution in [0.25, 0.3) is 0 Å². The molecular weight excluding hydrogens is 180 g/mol. The molecule has 14 heavy (non-hydrogen) atoms. The van der Waals surface area contributed by atoms with E-state index in [1.165, 1.54) is 26.2 Å². The average molecular weight is 206 g/mol. The van der Waals surface area contributed by atoms with Crippen LogP contribution in [0.3, 0.4) is 0 Å². The van der Waals surface area contributed by atoms with E-state index in [1.54, 1.807) is 0 Å². The highest BCUT2D eigenvalue weighted by atomic mass is 16.3. The molecule has 0 amide bonds. The highest BCUT2D eigenvalue weighted by Crippen LogP contribution is 2.10. The second-order valence-corrected chi connectivity index (χ2v) is 3.63. The van der Waals surface area contributed by atoms with Gasteiger partial charge in [0.1, 0.15) is 0 Å². The van der Waals surface area contributed by atoms with Gasteiger partial charge >= 0.3 is 0 Å². The van der Waals surface area contributed by atoms with Crippen molar-refractivity contribution >= 4 is 0 Å². The van der Waals surface area contributed by atoms with Gasteiger partial charge < -0.3 is 15.3 Å². The van der Waals surface area contributed by atoms with Crippen LogP contribution < -0.4 is 0 Å². The lowest BCUT2D eigenvalue weighted by Gasteiger charge is -2.08. The SMILES string of the molecule is CC(O)CO.CCCCC(CC)CO. The molecule has 0 aliphatic carbocycles. The molecule has 2 unspecified atom stereocenters. The fourth-order valence-electron chi connectivity index (χ4n) is 0.917. The Morgan fingerprint density at radius 3 is 1.79 bits per heavy atom. The van der Waals surface area contributed by atoms with Crippen molar-refractivity contribution in [2.45, 2.75) is 52.6 Å². The molecule has 0 spiro atoms. The summed E-state index contributed by atoms with van der Waals surface area (Å²) in [5, 5.41) is 24.8. The maximum atomic E-state index is 8.75. The van der Waals surface area contributed by atoms with Crippen LogP contribution in [-0.2, 0) is 0 Å². The van der Waals surface area contributed by atoms with Crippen molar-refractivity contribution in [2.75, 3.05) is 13.2 Å². The smallest absolute Gasteiger partial charge is 0.0742 e. The van der Waals surface area contributed by atoms with Crippen LogP contribution in [0, 0.1) is 5.92 Å². The number of hydrogen-bond acceptors (Lipinski definition) is 3. The van der Waals surface area contributed by atoms with Crippen LogP contribution in [0.1, 0.15) is 46.5 Å². The molecule has 0 saturated heterocycles. The minimum absolute atomic E-state index is 0.139. The van der Waals surface area contributed by atoms with Crippen LogP contribution in [-0.4, -0.2) is 34.6 Å². The lowest BCUT2D eigenvalue weighted by molar-refractivity contribution is 0.110. The fourth-order valence-corrected chi connectivity index (χ4v) is 0.917. The Kier molecular flexibility index (Phi) is 15.0. The van der Waals surface area contributed by atoms with Gasteiger partial charge in [0.2, 0.25) is 0 Å². The second-order valence-electron chi connectivity index (χ2n) is 3.63. The molecule has 0 aromatic carbocycles. The van der Waals surface area contributed by atoms with Gasteiger partial charge in [0, 0.05) is 6.61 Å². The summed E-state index contributed by atoms with van der Waals surface area (Å²) in [5.41, 5.74) is 0. The van der Waals surface area contributed by atoms with E-state index in [9.17, 15) is 0 Å². The molecule has 3 heteroatoms. The Balaban J connectivity index is 0. The van der Waals surface area contributed by atoms with Gasteiger partial charge in [-0.05, 0) is 19.3 Å². The molecular formula is C11H26O3. The first-order chi connectivity index (χ1) is 6.62. The van der Waals surface area contributed by atoms with Crippen LogP contribution in [0.4, 0.5) is 0 Å². The third-order valence-electron chi connectivity index (χ3n) is 2.07. The maximum Gasteiger partial charge on any atom is 0.0742 e. The summed E-state index contributed by atoms with van der Waals surface area (Å²) in [6.07, 6.45) is 4.27. The Morgan fingerprint density at radius 1 is 1.07 bits per heavy atom. The minimum atomic E-state index is -0.560. The lowest BCUT2D eigenvalue weighted by Crippen LogP contribution is -2.03. The van der Waals surface area contributed by atoms with E-state index >= 15 is 0 Å². The Morgan fingerprint density at radius 2 is 1.57 bits per heavy atom. The normalized spacial score (nSPS) is 14.1. The van der Waals surface area contributed by atoms with Gasteiger partial charge in [-0.25, -0.2) is 0 Å². The number of aliphatic hydroxyl groups excluding tert-OH is 3. The summed E-state index contributed by atoms with van der Waals surface area (Å²) in [6.45, 7) is 6.08. The van der Waals surface area contributed by atoms with Crippen LogP contribution in [0.15, 0.2) is 0 Å². The van der Waals surface area contributed by atoms with Gasteiger partial charge in [-0.1, -0.05) is 33.1 Å². The molecule has 0 radical (unpaired) electrons.